The summed E-state index contributed by atoms with van der Waals surface area (Å²) in [6, 6.07) is 11.9. The zero-order valence-electron chi connectivity index (χ0n) is 10.5. The number of para-hydroxylation sites is 1. The van der Waals surface area contributed by atoms with Crippen molar-refractivity contribution < 1.29 is 4.74 Å². The number of pyridine rings is 1. The van der Waals surface area contributed by atoms with E-state index in [1.54, 1.807) is 12.4 Å². The first-order valence-electron chi connectivity index (χ1n) is 6.17. The molecule has 2 N–H and O–H groups in total. The zero-order chi connectivity index (χ0) is 12.8. The van der Waals surface area contributed by atoms with Gasteiger partial charge in [0.05, 0.1) is 6.61 Å². The SMILES string of the molecule is CCOc1ccccc1C(N)Cc1ccncc1. The summed E-state index contributed by atoms with van der Waals surface area (Å²) in [6.07, 6.45) is 4.36. The third kappa shape index (κ3) is 3.08. The molecule has 0 fully saturated rings. The van der Waals surface area contributed by atoms with Crippen molar-refractivity contribution in [3.8, 4) is 5.75 Å². The lowest BCUT2D eigenvalue weighted by molar-refractivity contribution is 0.334. The smallest absolute Gasteiger partial charge is 0.124 e. The summed E-state index contributed by atoms with van der Waals surface area (Å²) in [7, 11) is 0. The number of hydrogen-bond acceptors (Lipinski definition) is 3. The summed E-state index contributed by atoms with van der Waals surface area (Å²) in [5, 5.41) is 0. The van der Waals surface area contributed by atoms with Crippen molar-refractivity contribution in [3.63, 3.8) is 0 Å². The van der Waals surface area contributed by atoms with E-state index >= 15 is 0 Å². The number of hydrogen-bond donors (Lipinski definition) is 1. The highest BCUT2D eigenvalue weighted by Crippen LogP contribution is 2.25. The fourth-order valence-electron chi connectivity index (χ4n) is 1.96. The van der Waals surface area contributed by atoms with Crippen LogP contribution < -0.4 is 10.5 Å². The molecule has 94 valence electrons. The molecule has 2 aromatic rings. The quantitative estimate of drug-likeness (QED) is 0.877. The normalized spacial score (nSPS) is 12.1. The van der Waals surface area contributed by atoms with E-state index in [-0.39, 0.29) is 6.04 Å². The Balaban J connectivity index is 2.16. The highest BCUT2D eigenvalue weighted by atomic mass is 16.5. The van der Waals surface area contributed by atoms with Gasteiger partial charge in [-0.25, -0.2) is 0 Å². The number of aromatic nitrogens is 1. The minimum atomic E-state index is -0.0600. The molecule has 0 saturated carbocycles. The molecule has 2 rings (SSSR count). The van der Waals surface area contributed by atoms with Gasteiger partial charge >= 0.3 is 0 Å². The number of rotatable bonds is 5. The molecule has 0 aliphatic rings. The average Bonchev–Trinajstić information content (AvgIpc) is 2.41. The van der Waals surface area contributed by atoms with Gasteiger partial charge in [-0.2, -0.15) is 0 Å². The van der Waals surface area contributed by atoms with Gasteiger partial charge in [-0.3, -0.25) is 4.98 Å². The highest BCUT2D eigenvalue weighted by molar-refractivity contribution is 5.36. The van der Waals surface area contributed by atoms with Crippen LogP contribution in [0.1, 0.15) is 24.1 Å². The van der Waals surface area contributed by atoms with Gasteiger partial charge in [-0.1, -0.05) is 18.2 Å². The summed E-state index contributed by atoms with van der Waals surface area (Å²) in [6.45, 7) is 2.63. The fraction of sp³-hybridized carbons (Fsp3) is 0.267. The number of nitrogens with zero attached hydrogens (tertiary/aromatic N) is 1. The molecule has 1 unspecified atom stereocenters. The van der Waals surface area contributed by atoms with E-state index in [1.807, 2.05) is 43.3 Å². The van der Waals surface area contributed by atoms with E-state index in [1.165, 1.54) is 5.56 Å². The Morgan fingerprint density at radius 1 is 1.17 bits per heavy atom. The minimum Gasteiger partial charge on any atom is -0.494 e. The van der Waals surface area contributed by atoms with Crippen LogP contribution in [0.4, 0.5) is 0 Å². The molecule has 0 aliphatic heterocycles. The molecule has 0 spiro atoms. The Kier molecular flexibility index (Phi) is 4.31. The van der Waals surface area contributed by atoms with Gasteiger partial charge in [0.1, 0.15) is 5.75 Å². The molecule has 0 bridgehead atoms. The minimum absolute atomic E-state index is 0.0600. The molecule has 1 atom stereocenters. The van der Waals surface area contributed by atoms with Gasteiger partial charge in [-0.05, 0) is 37.1 Å². The Morgan fingerprint density at radius 2 is 1.89 bits per heavy atom. The fourth-order valence-corrected chi connectivity index (χ4v) is 1.96. The maximum absolute atomic E-state index is 6.26. The Bertz CT molecular complexity index is 485. The van der Waals surface area contributed by atoms with Crippen molar-refractivity contribution in [2.24, 2.45) is 5.73 Å². The van der Waals surface area contributed by atoms with E-state index in [0.29, 0.717) is 6.61 Å². The Morgan fingerprint density at radius 3 is 2.61 bits per heavy atom. The summed E-state index contributed by atoms with van der Waals surface area (Å²) >= 11 is 0. The number of benzene rings is 1. The van der Waals surface area contributed by atoms with E-state index in [2.05, 4.69) is 4.98 Å². The maximum Gasteiger partial charge on any atom is 0.124 e. The lowest BCUT2D eigenvalue weighted by atomic mass is 9.99. The van der Waals surface area contributed by atoms with Gasteiger partial charge in [0.15, 0.2) is 0 Å². The van der Waals surface area contributed by atoms with Crippen molar-refractivity contribution in [1.82, 2.24) is 4.98 Å². The van der Waals surface area contributed by atoms with Crippen molar-refractivity contribution >= 4 is 0 Å². The van der Waals surface area contributed by atoms with Crippen LogP contribution in [0.25, 0.3) is 0 Å². The second-order valence-corrected chi connectivity index (χ2v) is 4.14. The number of ether oxygens (including phenoxy) is 1. The molecule has 18 heavy (non-hydrogen) atoms. The monoisotopic (exact) mass is 242 g/mol. The van der Waals surface area contributed by atoms with E-state index < -0.39 is 0 Å². The van der Waals surface area contributed by atoms with E-state index in [9.17, 15) is 0 Å². The van der Waals surface area contributed by atoms with Gasteiger partial charge in [0.25, 0.3) is 0 Å². The van der Waals surface area contributed by atoms with Crippen LogP contribution in [0.2, 0.25) is 0 Å². The van der Waals surface area contributed by atoms with Gasteiger partial charge in [0.2, 0.25) is 0 Å². The second kappa shape index (κ2) is 6.17. The predicted molar refractivity (Wildman–Crippen MR) is 72.5 cm³/mol. The summed E-state index contributed by atoms with van der Waals surface area (Å²) in [4.78, 5) is 4.01. The van der Waals surface area contributed by atoms with Gasteiger partial charge in [0, 0.05) is 24.0 Å². The molecule has 0 saturated heterocycles. The first-order chi connectivity index (χ1) is 8.81. The summed E-state index contributed by atoms with van der Waals surface area (Å²) < 4.78 is 5.60. The molecular formula is C15H18N2O. The molecule has 0 radical (unpaired) electrons. The van der Waals surface area contributed by atoms with Crippen molar-refractivity contribution in [1.29, 1.82) is 0 Å². The first-order valence-corrected chi connectivity index (χ1v) is 6.17. The zero-order valence-corrected chi connectivity index (χ0v) is 10.5. The van der Waals surface area contributed by atoms with E-state index in [0.717, 1.165) is 17.7 Å². The topological polar surface area (TPSA) is 48.1 Å². The van der Waals surface area contributed by atoms with Crippen LogP contribution in [-0.2, 0) is 6.42 Å². The third-order valence-corrected chi connectivity index (χ3v) is 2.82. The molecule has 1 heterocycles. The van der Waals surface area contributed by atoms with Crippen molar-refractivity contribution in [3.05, 3.63) is 59.9 Å². The molecule has 0 aliphatic carbocycles. The summed E-state index contributed by atoms with van der Waals surface area (Å²) in [5.41, 5.74) is 8.49. The largest absolute Gasteiger partial charge is 0.494 e. The van der Waals surface area contributed by atoms with Crippen LogP contribution in [0, 0.1) is 0 Å². The molecule has 1 aromatic heterocycles. The average molecular weight is 242 g/mol. The van der Waals surface area contributed by atoms with Crippen LogP contribution in [0.15, 0.2) is 48.8 Å². The van der Waals surface area contributed by atoms with Crippen LogP contribution >= 0.6 is 0 Å². The molecule has 3 nitrogen and oxygen atoms in total. The van der Waals surface area contributed by atoms with Crippen LogP contribution in [0.3, 0.4) is 0 Å². The summed E-state index contributed by atoms with van der Waals surface area (Å²) in [5.74, 6) is 0.876. The van der Waals surface area contributed by atoms with Crippen LogP contribution in [0.5, 0.6) is 5.75 Å². The standard InChI is InChI=1S/C15H18N2O/c1-2-18-15-6-4-3-5-13(15)14(16)11-12-7-9-17-10-8-12/h3-10,14H,2,11,16H2,1H3. The molecule has 0 amide bonds. The van der Waals surface area contributed by atoms with Gasteiger partial charge in [-0.15, -0.1) is 0 Å². The Hall–Kier alpha value is -1.87. The predicted octanol–water partition coefficient (Wildman–Crippen LogP) is 2.72. The maximum atomic E-state index is 6.26. The van der Waals surface area contributed by atoms with Crippen LogP contribution in [-0.4, -0.2) is 11.6 Å². The molecule has 3 heteroatoms. The molecular weight excluding hydrogens is 224 g/mol. The van der Waals surface area contributed by atoms with E-state index in [4.69, 9.17) is 10.5 Å². The van der Waals surface area contributed by atoms with Crippen molar-refractivity contribution in [2.75, 3.05) is 6.61 Å². The second-order valence-electron chi connectivity index (χ2n) is 4.14. The lowest BCUT2D eigenvalue weighted by Gasteiger charge is -2.16. The highest BCUT2D eigenvalue weighted by Gasteiger charge is 2.12. The van der Waals surface area contributed by atoms with Gasteiger partial charge < -0.3 is 10.5 Å². The Labute approximate surface area is 108 Å². The lowest BCUT2D eigenvalue weighted by Crippen LogP contribution is -2.14. The van der Waals surface area contributed by atoms with Crippen molar-refractivity contribution in [2.45, 2.75) is 19.4 Å². The third-order valence-electron chi connectivity index (χ3n) is 2.82. The first kappa shape index (κ1) is 12.6. The molecule has 1 aromatic carbocycles. The number of nitrogens with two attached hydrogens (primary N) is 1.